The molecule has 0 atom stereocenters. The van der Waals surface area contributed by atoms with Crippen molar-refractivity contribution in [3.63, 3.8) is 0 Å². The Morgan fingerprint density at radius 2 is 1.83 bits per heavy atom. The van der Waals surface area contributed by atoms with Crippen molar-refractivity contribution in [1.82, 2.24) is 15.5 Å². The van der Waals surface area contributed by atoms with Gasteiger partial charge in [0, 0.05) is 20.1 Å². The van der Waals surface area contributed by atoms with Gasteiger partial charge in [-0.1, -0.05) is 0 Å². The molecule has 0 bridgehead atoms. The van der Waals surface area contributed by atoms with Gasteiger partial charge >= 0.3 is 6.09 Å². The summed E-state index contributed by atoms with van der Waals surface area (Å²) >= 11 is 0. The third-order valence-electron chi connectivity index (χ3n) is 3.82. The number of likely N-dealkylation sites (tertiary alicyclic amines) is 1. The van der Waals surface area contributed by atoms with Gasteiger partial charge in [-0.3, -0.25) is 9.79 Å². The molecule has 1 aromatic carbocycles. The van der Waals surface area contributed by atoms with Crippen molar-refractivity contribution in [1.29, 1.82) is 0 Å². The van der Waals surface area contributed by atoms with Crippen molar-refractivity contribution in [3.8, 4) is 0 Å². The maximum Gasteiger partial charge on any atom is 0.410 e. The first-order valence-corrected chi connectivity index (χ1v) is 8.88. The number of guanidine groups is 1. The van der Waals surface area contributed by atoms with Gasteiger partial charge in [0.15, 0.2) is 23.4 Å². The lowest BCUT2D eigenvalue weighted by molar-refractivity contribution is -0.115. The summed E-state index contributed by atoms with van der Waals surface area (Å²) in [7, 11) is 1.49. The van der Waals surface area contributed by atoms with Gasteiger partial charge in [-0.15, -0.1) is 24.0 Å². The second-order valence-corrected chi connectivity index (χ2v) is 7.42. The number of amides is 2. The molecule has 8 nitrogen and oxygen atoms in total. The molecule has 2 amide bonds. The maximum absolute atomic E-state index is 13.6. The van der Waals surface area contributed by atoms with E-state index < -0.39 is 40.7 Å². The summed E-state index contributed by atoms with van der Waals surface area (Å²) in [6, 6.07) is 1.56. The summed E-state index contributed by atoms with van der Waals surface area (Å²) in [5.41, 5.74) is -1.04. The number of nitrogens with zero attached hydrogens (tertiary/aromatic N) is 2. The predicted molar refractivity (Wildman–Crippen MR) is 116 cm³/mol. The van der Waals surface area contributed by atoms with Crippen LogP contribution in [0.15, 0.2) is 17.1 Å². The fourth-order valence-electron chi connectivity index (χ4n) is 2.41. The van der Waals surface area contributed by atoms with Crippen molar-refractivity contribution in [2.75, 3.05) is 32.0 Å². The highest BCUT2D eigenvalue weighted by molar-refractivity contribution is 14.0. The number of anilines is 1. The molecule has 1 aromatic rings. The van der Waals surface area contributed by atoms with E-state index in [1.807, 2.05) is 0 Å². The Kier molecular flexibility index (Phi) is 9.18. The topological polar surface area (TPSA) is 95.1 Å². The lowest BCUT2D eigenvalue weighted by Gasteiger charge is -2.40. The van der Waals surface area contributed by atoms with E-state index in [-0.39, 0.29) is 36.6 Å². The number of aliphatic imine (C=N–C) groups is 1. The molecular weight excluding hydrogens is 518 g/mol. The summed E-state index contributed by atoms with van der Waals surface area (Å²) < 4.78 is 45.0. The van der Waals surface area contributed by atoms with Gasteiger partial charge in [-0.05, 0) is 32.9 Å². The van der Waals surface area contributed by atoms with Crippen molar-refractivity contribution < 1.29 is 27.5 Å². The number of carbonyl (C=O) groups is 2. The first-order chi connectivity index (χ1) is 13.5. The van der Waals surface area contributed by atoms with Crippen LogP contribution in [0.2, 0.25) is 0 Å². The first-order valence-electron chi connectivity index (χ1n) is 8.88. The van der Waals surface area contributed by atoms with E-state index in [1.165, 1.54) is 11.9 Å². The van der Waals surface area contributed by atoms with E-state index in [2.05, 4.69) is 20.9 Å². The molecule has 0 aliphatic carbocycles. The lowest BCUT2D eigenvalue weighted by Crippen LogP contribution is -2.63. The van der Waals surface area contributed by atoms with Crippen molar-refractivity contribution in [3.05, 3.63) is 29.6 Å². The average Bonchev–Trinajstić information content (AvgIpc) is 2.59. The van der Waals surface area contributed by atoms with Crippen LogP contribution in [0.3, 0.4) is 0 Å². The van der Waals surface area contributed by atoms with Gasteiger partial charge in [-0.2, -0.15) is 0 Å². The van der Waals surface area contributed by atoms with Crippen molar-refractivity contribution >= 4 is 47.6 Å². The largest absolute Gasteiger partial charge is 0.444 e. The van der Waals surface area contributed by atoms with Crippen LogP contribution in [0.5, 0.6) is 0 Å². The summed E-state index contributed by atoms with van der Waals surface area (Å²) in [6.45, 7) is 5.86. The molecule has 0 aromatic heterocycles. The first kappa shape index (κ1) is 25.8. The molecule has 1 aliphatic heterocycles. The minimum Gasteiger partial charge on any atom is -0.444 e. The Hall–Kier alpha value is -2.25. The van der Waals surface area contributed by atoms with Gasteiger partial charge in [0.25, 0.3) is 0 Å². The fourth-order valence-corrected chi connectivity index (χ4v) is 2.41. The van der Waals surface area contributed by atoms with Crippen molar-refractivity contribution in [2.24, 2.45) is 4.99 Å². The highest BCUT2D eigenvalue weighted by Crippen LogP contribution is 2.19. The number of carbonyl (C=O) groups excluding carboxylic acids is 2. The molecule has 168 valence electrons. The maximum atomic E-state index is 13.6. The van der Waals surface area contributed by atoms with E-state index in [1.54, 1.807) is 20.8 Å². The molecule has 1 aliphatic rings. The SMILES string of the molecule is CN=C(NCC(=O)Nc1ccc(F)c(F)c1F)NC1CN(C(=O)OC(C)(C)C)C1.I. The molecule has 3 N–H and O–H groups in total. The molecule has 0 unspecified atom stereocenters. The average molecular weight is 543 g/mol. The fraction of sp³-hybridized carbons (Fsp3) is 0.500. The van der Waals surface area contributed by atoms with Crippen LogP contribution in [0, 0.1) is 17.5 Å². The quantitative estimate of drug-likeness (QED) is 0.235. The highest BCUT2D eigenvalue weighted by atomic mass is 127. The summed E-state index contributed by atoms with van der Waals surface area (Å²) in [4.78, 5) is 29.3. The van der Waals surface area contributed by atoms with Gasteiger partial charge in [0.1, 0.15) is 5.60 Å². The molecule has 1 fully saturated rings. The van der Waals surface area contributed by atoms with Crippen molar-refractivity contribution in [2.45, 2.75) is 32.4 Å². The molecule has 0 radical (unpaired) electrons. The van der Waals surface area contributed by atoms with Gasteiger partial charge in [0.05, 0.1) is 18.3 Å². The zero-order valence-corrected chi connectivity index (χ0v) is 19.3. The highest BCUT2D eigenvalue weighted by Gasteiger charge is 2.34. The summed E-state index contributed by atoms with van der Waals surface area (Å²) in [5, 5.41) is 7.89. The monoisotopic (exact) mass is 543 g/mol. The number of hydrogen-bond acceptors (Lipinski definition) is 4. The molecule has 0 spiro atoms. The molecular formula is C18H25F3IN5O3. The Balaban J connectivity index is 0.00000450. The van der Waals surface area contributed by atoms with E-state index in [9.17, 15) is 22.8 Å². The minimum absolute atomic E-state index is 0. The van der Waals surface area contributed by atoms with E-state index in [4.69, 9.17) is 4.74 Å². The zero-order chi connectivity index (χ0) is 21.8. The van der Waals surface area contributed by atoms with Gasteiger partial charge < -0.3 is 25.6 Å². The molecule has 1 heterocycles. The number of ether oxygens (including phenoxy) is 1. The Morgan fingerprint density at radius 1 is 1.20 bits per heavy atom. The molecule has 2 rings (SSSR count). The third kappa shape index (κ3) is 7.22. The second-order valence-electron chi connectivity index (χ2n) is 7.42. The molecule has 30 heavy (non-hydrogen) atoms. The van der Waals surface area contributed by atoms with E-state index >= 15 is 0 Å². The number of hydrogen-bond donors (Lipinski definition) is 3. The standard InChI is InChI=1S/C18H24F3N5O3.HI/c1-18(2,3)29-17(28)26-8-10(9-26)24-16(22-4)23-7-13(27)25-12-6-5-11(19)14(20)15(12)21;/h5-6,10H,7-9H2,1-4H3,(H,25,27)(H2,22,23,24);1H. The Labute approximate surface area is 189 Å². The summed E-state index contributed by atoms with van der Waals surface area (Å²) in [5.74, 6) is -4.86. The number of nitrogens with one attached hydrogen (secondary N) is 3. The Morgan fingerprint density at radius 3 is 2.40 bits per heavy atom. The van der Waals surface area contributed by atoms with Crippen LogP contribution in [0.1, 0.15) is 20.8 Å². The van der Waals surface area contributed by atoms with Gasteiger partial charge in [0.2, 0.25) is 5.91 Å². The Bertz CT molecular complexity index is 811. The van der Waals surface area contributed by atoms with Gasteiger partial charge in [-0.25, -0.2) is 18.0 Å². The van der Waals surface area contributed by atoms with Crippen LogP contribution >= 0.6 is 24.0 Å². The van der Waals surface area contributed by atoms with E-state index in [0.29, 0.717) is 19.0 Å². The predicted octanol–water partition coefficient (Wildman–Crippen LogP) is 2.44. The molecule has 1 saturated heterocycles. The van der Waals surface area contributed by atoms with E-state index in [0.717, 1.165) is 12.1 Å². The second kappa shape index (κ2) is 10.7. The molecule has 0 saturated carbocycles. The van der Waals surface area contributed by atoms with Crippen LogP contribution in [0.4, 0.5) is 23.7 Å². The zero-order valence-electron chi connectivity index (χ0n) is 17.0. The van der Waals surface area contributed by atoms with Crippen LogP contribution in [-0.4, -0.2) is 61.2 Å². The number of halogens is 4. The summed E-state index contributed by atoms with van der Waals surface area (Å²) in [6.07, 6.45) is -0.411. The smallest absolute Gasteiger partial charge is 0.410 e. The number of rotatable bonds is 4. The van der Waals surface area contributed by atoms with Crippen LogP contribution < -0.4 is 16.0 Å². The lowest BCUT2D eigenvalue weighted by atomic mass is 10.1. The van der Waals surface area contributed by atoms with Crippen LogP contribution in [-0.2, 0) is 9.53 Å². The number of benzene rings is 1. The normalized spacial score (nSPS) is 14.4. The minimum atomic E-state index is -1.66. The molecule has 12 heteroatoms. The van der Waals surface area contributed by atoms with Crippen LogP contribution in [0.25, 0.3) is 0 Å². The third-order valence-corrected chi connectivity index (χ3v) is 3.82.